The lowest BCUT2D eigenvalue weighted by Gasteiger charge is -2.23. The number of ether oxygens (including phenoxy) is 1. The van der Waals surface area contributed by atoms with Crippen molar-refractivity contribution in [3.05, 3.63) is 83.4 Å². The number of amides is 1. The predicted octanol–water partition coefficient (Wildman–Crippen LogP) is 3.48. The molecule has 4 heterocycles. The lowest BCUT2D eigenvalue weighted by molar-refractivity contribution is 0.0694. The van der Waals surface area contributed by atoms with Gasteiger partial charge in [-0.25, -0.2) is 9.67 Å². The minimum atomic E-state index is -0.160. The SMILES string of the molecule is Cc1c(Cc2ccc(-c3ccn(C)n3)cc2)cc(C(=O)NC2CCOCC2)nc1-n1cccn1. The van der Waals surface area contributed by atoms with Gasteiger partial charge >= 0.3 is 0 Å². The molecule has 0 aliphatic carbocycles. The monoisotopic (exact) mass is 456 g/mol. The summed E-state index contributed by atoms with van der Waals surface area (Å²) in [4.78, 5) is 17.8. The van der Waals surface area contributed by atoms with Crippen LogP contribution >= 0.6 is 0 Å². The third-order valence-corrected chi connectivity index (χ3v) is 6.22. The van der Waals surface area contributed by atoms with E-state index in [1.54, 1.807) is 15.6 Å². The van der Waals surface area contributed by atoms with E-state index in [1.165, 1.54) is 0 Å². The maximum absolute atomic E-state index is 13.1. The maximum Gasteiger partial charge on any atom is 0.270 e. The number of nitrogens with zero attached hydrogens (tertiary/aromatic N) is 5. The smallest absolute Gasteiger partial charge is 0.270 e. The Hall–Kier alpha value is -3.78. The fraction of sp³-hybridized carbons (Fsp3) is 0.308. The Morgan fingerprint density at radius 2 is 1.94 bits per heavy atom. The van der Waals surface area contributed by atoms with E-state index in [0.29, 0.717) is 31.1 Å². The number of benzene rings is 1. The van der Waals surface area contributed by atoms with Gasteiger partial charge in [0.1, 0.15) is 5.69 Å². The number of aryl methyl sites for hydroxylation is 1. The van der Waals surface area contributed by atoms with Gasteiger partial charge < -0.3 is 10.1 Å². The van der Waals surface area contributed by atoms with E-state index in [1.807, 2.05) is 44.6 Å². The topological polar surface area (TPSA) is 86.9 Å². The fourth-order valence-electron chi connectivity index (χ4n) is 4.25. The lowest BCUT2D eigenvalue weighted by Crippen LogP contribution is -2.39. The molecule has 4 aromatic rings. The molecule has 1 aliphatic rings. The Morgan fingerprint density at radius 1 is 1.15 bits per heavy atom. The summed E-state index contributed by atoms with van der Waals surface area (Å²) in [5.74, 6) is 0.511. The summed E-state index contributed by atoms with van der Waals surface area (Å²) in [5, 5.41) is 12.0. The Kier molecular flexibility index (Phi) is 6.22. The van der Waals surface area contributed by atoms with Gasteiger partial charge in [0, 0.05) is 50.5 Å². The number of aromatic nitrogens is 5. The number of pyridine rings is 1. The molecule has 0 bridgehead atoms. The zero-order chi connectivity index (χ0) is 23.5. The normalized spacial score (nSPS) is 14.3. The molecule has 0 spiro atoms. The van der Waals surface area contributed by atoms with Crippen molar-refractivity contribution in [1.82, 2.24) is 29.9 Å². The van der Waals surface area contributed by atoms with Crippen molar-refractivity contribution in [3.8, 4) is 17.1 Å². The summed E-state index contributed by atoms with van der Waals surface area (Å²) in [5.41, 5.74) is 5.62. The molecule has 0 atom stereocenters. The first-order valence-corrected chi connectivity index (χ1v) is 11.5. The highest BCUT2D eigenvalue weighted by molar-refractivity contribution is 5.93. The maximum atomic E-state index is 13.1. The molecule has 1 aromatic carbocycles. The van der Waals surface area contributed by atoms with Crippen LogP contribution in [0.25, 0.3) is 17.1 Å². The van der Waals surface area contributed by atoms with Crippen molar-refractivity contribution in [2.75, 3.05) is 13.2 Å². The average Bonchev–Trinajstić information content (AvgIpc) is 3.54. The van der Waals surface area contributed by atoms with Crippen LogP contribution in [-0.4, -0.2) is 49.7 Å². The van der Waals surface area contributed by atoms with Gasteiger partial charge in [-0.3, -0.25) is 9.48 Å². The van der Waals surface area contributed by atoms with Gasteiger partial charge in [-0.05, 0) is 61.1 Å². The Morgan fingerprint density at radius 3 is 2.62 bits per heavy atom. The van der Waals surface area contributed by atoms with Crippen molar-refractivity contribution in [3.63, 3.8) is 0 Å². The van der Waals surface area contributed by atoms with Gasteiger partial charge in [-0.1, -0.05) is 24.3 Å². The first kappa shape index (κ1) is 22.0. The summed E-state index contributed by atoms with van der Waals surface area (Å²) >= 11 is 0. The van der Waals surface area contributed by atoms with E-state index in [-0.39, 0.29) is 11.9 Å². The van der Waals surface area contributed by atoms with Gasteiger partial charge in [0.15, 0.2) is 5.82 Å². The molecule has 3 aromatic heterocycles. The standard InChI is InChI=1S/C26H28N6O2/c1-18-21(16-19-4-6-20(7-5-19)23-8-13-31(2)30-23)17-24(29-25(18)32-12-3-11-27-32)26(33)28-22-9-14-34-15-10-22/h3-8,11-13,17,22H,9-10,14-16H2,1-2H3,(H,28,33). The van der Waals surface area contributed by atoms with E-state index in [0.717, 1.165) is 40.8 Å². The quantitative estimate of drug-likeness (QED) is 0.480. The van der Waals surface area contributed by atoms with E-state index in [2.05, 4.69) is 44.8 Å². The summed E-state index contributed by atoms with van der Waals surface area (Å²) < 4.78 is 8.93. The van der Waals surface area contributed by atoms with Crippen molar-refractivity contribution < 1.29 is 9.53 Å². The largest absolute Gasteiger partial charge is 0.381 e. The number of carbonyl (C=O) groups excluding carboxylic acids is 1. The van der Waals surface area contributed by atoms with Gasteiger partial charge in [-0.15, -0.1) is 0 Å². The highest BCUT2D eigenvalue weighted by Crippen LogP contribution is 2.23. The first-order chi connectivity index (χ1) is 16.6. The van der Waals surface area contributed by atoms with Crippen LogP contribution in [-0.2, 0) is 18.2 Å². The van der Waals surface area contributed by atoms with Crippen LogP contribution in [0.5, 0.6) is 0 Å². The van der Waals surface area contributed by atoms with Gasteiger partial charge in [0.05, 0.1) is 5.69 Å². The molecular weight excluding hydrogens is 428 g/mol. The van der Waals surface area contributed by atoms with Crippen molar-refractivity contribution in [2.45, 2.75) is 32.2 Å². The molecule has 0 unspecified atom stereocenters. The Balaban J connectivity index is 1.44. The number of nitrogens with one attached hydrogen (secondary N) is 1. The van der Waals surface area contributed by atoms with E-state index in [9.17, 15) is 4.79 Å². The highest BCUT2D eigenvalue weighted by atomic mass is 16.5. The van der Waals surface area contributed by atoms with Crippen molar-refractivity contribution >= 4 is 5.91 Å². The van der Waals surface area contributed by atoms with Crippen LogP contribution in [0, 0.1) is 6.92 Å². The molecule has 0 radical (unpaired) electrons. The van der Waals surface area contributed by atoms with Crippen LogP contribution in [0.2, 0.25) is 0 Å². The summed E-state index contributed by atoms with van der Waals surface area (Å²) in [6, 6.07) is 14.3. The molecule has 34 heavy (non-hydrogen) atoms. The molecular formula is C26H28N6O2. The second kappa shape index (κ2) is 9.61. The minimum Gasteiger partial charge on any atom is -0.381 e. The third-order valence-electron chi connectivity index (χ3n) is 6.22. The summed E-state index contributed by atoms with van der Waals surface area (Å²) in [6.07, 6.45) is 7.82. The number of hydrogen-bond acceptors (Lipinski definition) is 5. The van der Waals surface area contributed by atoms with Gasteiger partial charge in [0.2, 0.25) is 0 Å². The number of hydrogen-bond donors (Lipinski definition) is 1. The van der Waals surface area contributed by atoms with Crippen LogP contribution < -0.4 is 5.32 Å². The van der Waals surface area contributed by atoms with Crippen LogP contribution in [0.15, 0.2) is 61.1 Å². The molecule has 1 saturated heterocycles. The molecule has 8 heteroatoms. The molecule has 174 valence electrons. The zero-order valence-corrected chi connectivity index (χ0v) is 19.4. The van der Waals surface area contributed by atoms with Gasteiger partial charge in [0.25, 0.3) is 5.91 Å². The first-order valence-electron chi connectivity index (χ1n) is 11.5. The predicted molar refractivity (Wildman–Crippen MR) is 129 cm³/mol. The third kappa shape index (κ3) is 4.77. The molecule has 1 fully saturated rings. The fourth-order valence-corrected chi connectivity index (χ4v) is 4.25. The summed E-state index contributed by atoms with van der Waals surface area (Å²) in [7, 11) is 1.91. The number of carbonyl (C=O) groups is 1. The van der Waals surface area contributed by atoms with Crippen LogP contribution in [0.4, 0.5) is 0 Å². The van der Waals surface area contributed by atoms with Crippen molar-refractivity contribution in [1.29, 1.82) is 0 Å². The molecule has 5 rings (SSSR count). The van der Waals surface area contributed by atoms with Gasteiger partial charge in [-0.2, -0.15) is 10.2 Å². The molecule has 1 amide bonds. The van der Waals surface area contributed by atoms with E-state index >= 15 is 0 Å². The Labute approximate surface area is 198 Å². The van der Waals surface area contributed by atoms with E-state index < -0.39 is 0 Å². The van der Waals surface area contributed by atoms with Crippen LogP contribution in [0.1, 0.15) is 40.0 Å². The Bertz CT molecular complexity index is 1270. The zero-order valence-electron chi connectivity index (χ0n) is 19.4. The summed E-state index contributed by atoms with van der Waals surface area (Å²) in [6.45, 7) is 3.37. The van der Waals surface area contributed by atoms with E-state index in [4.69, 9.17) is 4.74 Å². The van der Waals surface area contributed by atoms with Crippen molar-refractivity contribution in [2.24, 2.45) is 7.05 Å². The molecule has 1 aliphatic heterocycles. The highest BCUT2D eigenvalue weighted by Gasteiger charge is 2.20. The lowest BCUT2D eigenvalue weighted by atomic mass is 9.98. The average molecular weight is 457 g/mol. The van der Waals surface area contributed by atoms with Crippen LogP contribution in [0.3, 0.4) is 0 Å². The second-order valence-corrected chi connectivity index (χ2v) is 8.67. The molecule has 8 nitrogen and oxygen atoms in total. The second-order valence-electron chi connectivity index (χ2n) is 8.67. The molecule has 1 N–H and O–H groups in total. The minimum absolute atomic E-state index is 0.111. The molecule has 0 saturated carbocycles. The number of rotatable bonds is 6.